The standard InChI is InChI=1S/C16H18O3/c1-16(17,19-15-10-6-3-7-11-15)18-13-12-14-8-4-2-5-9-14/h2-11,17H,12-13H2,1H3. The molecular weight excluding hydrogens is 240 g/mol. The first kappa shape index (κ1) is 13.6. The van der Waals surface area contributed by atoms with E-state index in [0.29, 0.717) is 12.4 Å². The molecule has 3 heteroatoms. The molecule has 1 N–H and O–H groups in total. The van der Waals surface area contributed by atoms with Crippen LogP contribution in [0.4, 0.5) is 0 Å². The normalized spacial score (nSPS) is 13.8. The highest BCUT2D eigenvalue weighted by atomic mass is 16.8. The van der Waals surface area contributed by atoms with Crippen LogP contribution >= 0.6 is 0 Å². The molecule has 0 amide bonds. The second kappa shape index (κ2) is 6.36. The second-order valence-corrected chi connectivity index (χ2v) is 4.40. The maximum atomic E-state index is 10.0. The van der Waals surface area contributed by atoms with E-state index in [-0.39, 0.29) is 0 Å². The summed E-state index contributed by atoms with van der Waals surface area (Å²) in [6, 6.07) is 19.1. The van der Waals surface area contributed by atoms with Gasteiger partial charge in [0.05, 0.1) is 6.61 Å². The van der Waals surface area contributed by atoms with Gasteiger partial charge in [-0.05, 0) is 24.1 Å². The van der Waals surface area contributed by atoms with Gasteiger partial charge in [-0.25, -0.2) is 0 Å². The molecule has 0 aliphatic rings. The highest BCUT2D eigenvalue weighted by molar-refractivity contribution is 5.21. The molecule has 2 rings (SSSR count). The Morgan fingerprint density at radius 1 is 0.947 bits per heavy atom. The lowest BCUT2D eigenvalue weighted by Gasteiger charge is -2.24. The fraction of sp³-hybridized carbons (Fsp3) is 0.250. The molecule has 2 aromatic rings. The Hall–Kier alpha value is -1.84. The van der Waals surface area contributed by atoms with Gasteiger partial charge in [0.25, 0.3) is 0 Å². The Bertz CT molecular complexity index is 480. The van der Waals surface area contributed by atoms with Crippen LogP contribution in [0.5, 0.6) is 5.75 Å². The first-order valence-electron chi connectivity index (χ1n) is 6.30. The molecule has 0 aliphatic carbocycles. The van der Waals surface area contributed by atoms with Gasteiger partial charge in [-0.3, -0.25) is 0 Å². The van der Waals surface area contributed by atoms with Crippen molar-refractivity contribution in [2.24, 2.45) is 0 Å². The number of hydrogen-bond donors (Lipinski definition) is 1. The molecule has 0 fully saturated rings. The van der Waals surface area contributed by atoms with Gasteiger partial charge < -0.3 is 14.6 Å². The van der Waals surface area contributed by atoms with Crippen molar-refractivity contribution >= 4 is 0 Å². The molecule has 3 nitrogen and oxygen atoms in total. The van der Waals surface area contributed by atoms with E-state index in [9.17, 15) is 5.11 Å². The summed E-state index contributed by atoms with van der Waals surface area (Å²) in [6.07, 6.45) is 0.731. The van der Waals surface area contributed by atoms with Crippen LogP contribution in [0.15, 0.2) is 60.7 Å². The van der Waals surface area contributed by atoms with Crippen LogP contribution in [0, 0.1) is 0 Å². The van der Waals surface area contributed by atoms with Crippen LogP contribution in [0.1, 0.15) is 12.5 Å². The summed E-state index contributed by atoms with van der Waals surface area (Å²) in [6.45, 7) is 1.88. The lowest BCUT2D eigenvalue weighted by atomic mass is 10.2. The molecule has 1 atom stereocenters. The molecule has 19 heavy (non-hydrogen) atoms. The number of ether oxygens (including phenoxy) is 2. The van der Waals surface area contributed by atoms with Crippen molar-refractivity contribution in [1.29, 1.82) is 0 Å². The molecule has 2 aromatic carbocycles. The fourth-order valence-electron chi connectivity index (χ4n) is 1.74. The van der Waals surface area contributed by atoms with Crippen molar-refractivity contribution in [1.82, 2.24) is 0 Å². The van der Waals surface area contributed by atoms with Gasteiger partial charge in [0.1, 0.15) is 5.75 Å². The smallest absolute Gasteiger partial charge is 0.321 e. The topological polar surface area (TPSA) is 38.7 Å². The van der Waals surface area contributed by atoms with Crippen molar-refractivity contribution in [3.63, 3.8) is 0 Å². The van der Waals surface area contributed by atoms with E-state index in [1.165, 1.54) is 6.92 Å². The Labute approximate surface area is 113 Å². The Morgan fingerprint density at radius 3 is 2.16 bits per heavy atom. The SMILES string of the molecule is CC(O)(OCCc1ccccc1)Oc1ccccc1. The monoisotopic (exact) mass is 258 g/mol. The summed E-state index contributed by atoms with van der Waals surface area (Å²) in [5.74, 6) is -1.04. The van der Waals surface area contributed by atoms with Gasteiger partial charge in [0.15, 0.2) is 0 Å². The van der Waals surface area contributed by atoms with Crippen LogP contribution < -0.4 is 4.74 Å². The summed E-state index contributed by atoms with van der Waals surface area (Å²) in [4.78, 5) is 0. The van der Waals surface area contributed by atoms with Crippen molar-refractivity contribution in [2.75, 3.05) is 6.61 Å². The Balaban J connectivity index is 1.81. The zero-order chi connectivity index (χ0) is 13.6. The third-order valence-electron chi connectivity index (χ3n) is 2.65. The van der Waals surface area contributed by atoms with Gasteiger partial charge in [0, 0.05) is 6.92 Å². The molecular formula is C16H18O3. The van der Waals surface area contributed by atoms with Gasteiger partial charge in [-0.2, -0.15) is 0 Å². The Morgan fingerprint density at radius 2 is 1.53 bits per heavy atom. The number of aliphatic hydroxyl groups is 1. The number of rotatable bonds is 6. The van der Waals surface area contributed by atoms with Gasteiger partial charge in [-0.1, -0.05) is 48.5 Å². The molecule has 1 unspecified atom stereocenters. The number of hydrogen-bond acceptors (Lipinski definition) is 3. The first-order valence-corrected chi connectivity index (χ1v) is 6.30. The van der Waals surface area contributed by atoms with E-state index >= 15 is 0 Å². The average Bonchev–Trinajstić information content (AvgIpc) is 2.40. The van der Waals surface area contributed by atoms with Crippen molar-refractivity contribution in [2.45, 2.75) is 19.3 Å². The first-order chi connectivity index (χ1) is 9.16. The minimum atomic E-state index is -1.61. The highest BCUT2D eigenvalue weighted by Gasteiger charge is 2.23. The van der Waals surface area contributed by atoms with E-state index in [0.717, 1.165) is 12.0 Å². The largest absolute Gasteiger partial charge is 0.439 e. The van der Waals surface area contributed by atoms with E-state index in [1.807, 2.05) is 48.5 Å². The van der Waals surface area contributed by atoms with Crippen molar-refractivity contribution in [3.8, 4) is 5.75 Å². The third-order valence-corrected chi connectivity index (χ3v) is 2.65. The molecule has 100 valence electrons. The predicted octanol–water partition coefficient (Wildman–Crippen LogP) is 2.99. The van der Waals surface area contributed by atoms with Crippen LogP contribution in [-0.2, 0) is 11.2 Å². The average molecular weight is 258 g/mol. The molecule has 0 aromatic heterocycles. The van der Waals surface area contributed by atoms with Crippen LogP contribution in [0.2, 0.25) is 0 Å². The predicted molar refractivity (Wildman–Crippen MR) is 73.8 cm³/mol. The van der Waals surface area contributed by atoms with Gasteiger partial charge >= 0.3 is 5.97 Å². The molecule has 0 heterocycles. The molecule has 0 saturated heterocycles. The maximum absolute atomic E-state index is 10.0. The van der Waals surface area contributed by atoms with Crippen LogP contribution in [-0.4, -0.2) is 17.7 Å². The molecule has 0 aliphatic heterocycles. The van der Waals surface area contributed by atoms with E-state index in [4.69, 9.17) is 9.47 Å². The van der Waals surface area contributed by atoms with Crippen LogP contribution in [0.25, 0.3) is 0 Å². The maximum Gasteiger partial charge on any atom is 0.321 e. The summed E-state index contributed by atoms with van der Waals surface area (Å²) in [7, 11) is 0. The minimum Gasteiger partial charge on any atom is -0.439 e. The summed E-state index contributed by atoms with van der Waals surface area (Å²) in [5, 5.41) is 10.0. The molecule has 0 spiro atoms. The van der Waals surface area contributed by atoms with Crippen LogP contribution in [0.3, 0.4) is 0 Å². The zero-order valence-electron chi connectivity index (χ0n) is 11.0. The van der Waals surface area contributed by atoms with E-state index < -0.39 is 5.97 Å². The molecule has 0 radical (unpaired) electrons. The minimum absolute atomic E-state index is 0.393. The number of benzene rings is 2. The van der Waals surface area contributed by atoms with Crippen molar-refractivity contribution < 1.29 is 14.6 Å². The molecule has 0 saturated carbocycles. The highest BCUT2D eigenvalue weighted by Crippen LogP contribution is 2.17. The second-order valence-electron chi connectivity index (χ2n) is 4.40. The summed E-state index contributed by atoms with van der Waals surface area (Å²) in [5.41, 5.74) is 1.16. The number of para-hydroxylation sites is 1. The zero-order valence-corrected chi connectivity index (χ0v) is 11.0. The van der Waals surface area contributed by atoms with Gasteiger partial charge in [0.2, 0.25) is 0 Å². The summed E-state index contributed by atoms with van der Waals surface area (Å²) < 4.78 is 10.7. The fourth-order valence-corrected chi connectivity index (χ4v) is 1.74. The molecule has 0 bridgehead atoms. The summed E-state index contributed by atoms with van der Waals surface area (Å²) >= 11 is 0. The quantitative estimate of drug-likeness (QED) is 0.809. The van der Waals surface area contributed by atoms with Gasteiger partial charge in [-0.15, -0.1) is 0 Å². The van der Waals surface area contributed by atoms with E-state index in [2.05, 4.69) is 0 Å². The Kier molecular flexibility index (Phi) is 4.55. The lowest BCUT2D eigenvalue weighted by Crippen LogP contribution is -2.36. The lowest BCUT2D eigenvalue weighted by molar-refractivity contribution is -0.306. The third kappa shape index (κ3) is 4.73. The van der Waals surface area contributed by atoms with E-state index in [1.54, 1.807) is 12.1 Å². The van der Waals surface area contributed by atoms with Crippen molar-refractivity contribution in [3.05, 3.63) is 66.2 Å².